The van der Waals surface area contributed by atoms with Gasteiger partial charge in [0.2, 0.25) is 0 Å². The van der Waals surface area contributed by atoms with Gasteiger partial charge in [0, 0.05) is 41.4 Å². The summed E-state index contributed by atoms with van der Waals surface area (Å²) in [6.07, 6.45) is 0. The van der Waals surface area contributed by atoms with Crippen molar-refractivity contribution in [3.05, 3.63) is 88.2 Å². The number of carbonyl (C=O) groups excluding carboxylic acids is 2. The molecule has 0 aromatic heterocycles. The van der Waals surface area contributed by atoms with E-state index in [4.69, 9.17) is 16.3 Å². The van der Waals surface area contributed by atoms with Gasteiger partial charge in [0.25, 0.3) is 5.91 Å². The Morgan fingerprint density at radius 3 is 2.42 bits per heavy atom. The lowest BCUT2D eigenvalue weighted by molar-refractivity contribution is -0.130. The first-order valence-corrected chi connectivity index (χ1v) is 9.66. The molecule has 0 spiro atoms. The second kappa shape index (κ2) is 9.41. The van der Waals surface area contributed by atoms with Crippen LogP contribution in [-0.4, -0.2) is 37.3 Å². The second-order valence-corrected chi connectivity index (χ2v) is 7.29. The van der Waals surface area contributed by atoms with Gasteiger partial charge in [-0.15, -0.1) is 0 Å². The van der Waals surface area contributed by atoms with E-state index in [0.717, 1.165) is 0 Å². The minimum atomic E-state index is -0.836. The summed E-state index contributed by atoms with van der Waals surface area (Å²) in [7, 11) is 3.11. The molecule has 0 N–H and O–H groups in total. The summed E-state index contributed by atoms with van der Waals surface area (Å²) in [5.74, 6) is -1.64. The fourth-order valence-corrected chi connectivity index (χ4v) is 3.12. The molecule has 3 aromatic carbocycles. The van der Waals surface area contributed by atoms with Crippen molar-refractivity contribution in [2.24, 2.45) is 0 Å². The molecule has 0 atom stereocenters. The number of ether oxygens (including phenoxy) is 1. The number of ketones is 1. The number of halogens is 2. The highest BCUT2D eigenvalue weighted by molar-refractivity contribution is 6.33. The van der Waals surface area contributed by atoms with Crippen molar-refractivity contribution in [2.45, 2.75) is 0 Å². The predicted octanol–water partition coefficient (Wildman–Crippen LogP) is 4.72. The molecular formula is C24H18ClFN2O3. The molecule has 0 bridgehead atoms. The van der Waals surface area contributed by atoms with Crippen molar-refractivity contribution in [1.82, 2.24) is 4.90 Å². The molecule has 1 amide bonds. The van der Waals surface area contributed by atoms with Gasteiger partial charge in [-0.1, -0.05) is 41.9 Å². The second-order valence-electron chi connectivity index (χ2n) is 6.88. The number of hydrogen-bond acceptors (Lipinski definition) is 4. The van der Waals surface area contributed by atoms with Crippen LogP contribution in [0.4, 0.5) is 4.39 Å². The van der Waals surface area contributed by atoms with Crippen LogP contribution >= 0.6 is 11.6 Å². The Bertz CT molecular complexity index is 1190. The molecule has 0 aliphatic rings. The van der Waals surface area contributed by atoms with Crippen LogP contribution in [0, 0.1) is 17.1 Å². The molecule has 0 saturated heterocycles. The van der Waals surface area contributed by atoms with E-state index in [1.165, 1.54) is 29.2 Å². The van der Waals surface area contributed by atoms with Gasteiger partial charge in [0.15, 0.2) is 24.0 Å². The lowest BCUT2D eigenvalue weighted by atomic mass is 9.95. The van der Waals surface area contributed by atoms with E-state index in [0.29, 0.717) is 11.1 Å². The maximum absolute atomic E-state index is 15.3. The van der Waals surface area contributed by atoms with Gasteiger partial charge in [0.05, 0.1) is 11.6 Å². The largest absolute Gasteiger partial charge is 0.481 e. The molecule has 3 rings (SSSR count). The number of rotatable bonds is 6. The number of hydrogen-bond donors (Lipinski definition) is 0. The Labute approximate surface area is 184 Å². The first kappa shape index (κ1) is 22.0. The molecule has 0 unspecified atom stereocenters. The van der Waals surface area contributed by atoms with Gasteiger partial charge >= 0.3 is 0 Å². The predicted molar refractivity (Wildman–Crippen MR) is 116 cm³/mol. The van der Waals surface area contributed by atoms with E-state index in [9.17, 15) is 14.9 Å². The summed E-state index contributed by atoms with van der Waals surface area (Å²) in [6, 6.07) is 17.7. The molecule has 0 radical (unpaired) electrons. The van der Waals surface area contributed by atoms with Crippen molar-refractivity contribution < 1.29 is 18.7 Å². The van der Waals surface area contributed by atoms with Crippen LogP contribution in [0.3, 0.4) is 0 Å². The fraction of sp³-hybridized carbons (Fsp3) is 0.125. The van der Waals surface area contributed by atoms with Crippen molar-refractivity contribution in [1.29, 1.82) is 5.26 Å². The van der Waals surface area contributed by atoms with Crippen LogP contribution < -0.4 is 4.74 Å². The standard InChI is InChI=1S/C24H18ClFN2O3/c1-28(2)21(29)14-31-20-11-9-17(13-27)22(23(20)26)18-12-16(8-10-19(18)25)24(30)15-6-4-3-5-7-15/h3-12H,14H2,1-2H3. The lowest BCUT2D eigenvalue weighted by Crippen LogP contribution is -2.27. The smallest absolute Gasteiger partial charge is 0.259 e. The monoisotopic (exact) mass is 436 g/mol. The number of carbonyl (C=O) groups is 2. The van der Waals surface area contributed by atoms with E-state index < -0.39 is 5.82 Å². The van der Waals surface area contributed by atoms with Gasteiger partial charge in [0.1, 0.15) is 0 Å². The van der Waals surface area contributed by atoms with E-state index in [1.54, 1.807) is 50.5 Å². The fourth-order valence-electron chi connectivity index (χ4n) is 2.91. The zero-order valence-electron chi connectivity index (χ0n) is 16.9. The van der Waals surface area contributed by atoms with Crippen molar-refractivity contribution in [2.75, 3.05) is 20.7 Å². The van der Waals surface area contributed by atoms with Crippen LogP contribution in [-0.2, 0) is 4.79 Å². The number of amides is 1. The van der Waals surface area contributed by atoms with Gasteiger partial charge in [-0.3, -0.25) is 9.59 Å². The molecule has 156 valence electrons. The summed E-state index contributed by atoms with van der Waals surface area (Å²) in [6.45, 7) is -0.366. The van der Waals surface area contributed by atoms with Gasteiger partial charge in [-0.25, -0.2) is 4.39 Å². The Hall–Kier alpha value is -3.69. The van der Waals surface area contributed by atoms with Crippen molar-refractivity contribution in [3.63, 3.8) is 0 Å². The van der Waals surface area contributed by atoms with Crippen LogP contribution in [0.1, 0.15) is 21.5 Å². The highest BCUT2D eigenvalue weighted by Gasteiger charge is 2.21. The molecule has 3 aromatic rings. The topological polar surface area (TPSA) is 70.4 Å². The van der Waals surface area contributed by atoms with E-state index in [2.05, 4.69) is 0 Å². The Balaban J connectivity index is 2.07. The zero-order valence-corrected chi connectivity index (χ0v) is 17.6. The average molecular weight is 437 g/mol. The molecule has 0 saturated carbocycles. The van der Waals surface area contributed by atoms with Crippen LogP contribution in [0.25, 0.3) is 11.1 Å². The molecule has 0 fully saturated rings. The molecule has 0 aliphatic heterocycles. The number of nitriles is 1. The van der Waals surface area contributed by atoms with Crippen LogP contribution in [0.2, 0.25) is 5.02 Å². The third-order valence-corrected chi connectivity index (χ3v) is 4.94. The Morgan fingerprint density at radius 1 is 1.06 bits per heavy atom. The normalized spacial score (nSPS) is 10.3. The summed E-state index contributed by atoms with van der Waals surface area (Å²) >= 11 is 6.31. The Morgan fingerprint density at radius 2 is 1.77 bits per heavy atom. The van der Waals surface area contributed by atoms with E-state index in [-0.39, 0.29) is 45.8 Å². The number of nitrogens with zero attached hydrogens (tertiary/aromatic N) is 2. The van der Waals surface area contributed by atoms with Gasteiger partial charge < -0.3 is 9.64 Å². The SMILES string of the molecule is CN(C)C(=O)COc1ccc(C#N)c(-c2cc(C(=O)c3ccccc3)ccc2Cl)c1F. The Kier molecular flexibility index (Phi) is 6.68. The molecule has 31 heavy (non-hydrogen) atoms. The average Bonchev–Trinajstić information content (AvgIpc) is 2.78. The van der Waals surface area contributed by atoms with Gasteiger partial charge in [-0.2, -0.15) is 5.26 Å². The molecular weight excluding hydrogens is 419 g/mol. The first-order valence-electron chi connectivity index (χ1n) is 9.28. The quantitative estimate of drug-likeness (QED) is 0.524. The molecule has 7 heteroatoms. The van der Waals surface area contributed by atoms with Crippen molar-refractivity contribution in [3.8, 4) is 22.9 Å². The third-order valence-electron chi connectivity index (χ3n) is 4.61. The third kappa shape index (κ3) is 4.73. The lowest BCUT2D eigenvalue weighted by Gasteiger charge is -2.15. The van der Waals surface area contributed by atoms with Crippen LogP contribution in [0.5, 0.6) is 5.75 Å². The van der Waals surface area contributed by atoms with E-state index in [1.807, 2.05) is 6.07 Å². The summed E-state index contributed by atoms with van der Waals surface area (Å²) in [5, 5.41) is 9.67. The molecule has 0 aliphatic carbocycles. The van der Waals surface area contributed by atoms with Gasteiger partial charge in [-0.05, 0) is 30.3 Å². The summed E-state index contributed by atoms with van der Waals surface area (Å²) in [5.41, 5.74) is 0.876. The molecule has 5 nitrogen and oxygen atoms in total. The maximum Gasteiger partial charge on any atom is 0.259 e. The highest BCUT2D eigenvalue weighted by atomic mass is 35.5. The van der Waals surface area contributed by atoms with E-state index >= 15 is 4.39 Å². The number of benzene rings is 3. The first-order chi connectivity index (χ1) is 14.8. The van der Waals surface area contributed by atoms with Crippen LogP contribution in [0.15, 0.2) is 60.7 Å². The minimum absolute atomic E-state index is 0.0231. The summed E-state index contributed by atoms with van der Waals surface area (Å²) < 4.78 is 20.7. The maximum atomic E-state index is 15.3. The highest BCUT2D eigenvalue weighted by Crippen LogP contribution is 2.37. The minimum Gasteiger partial charge on any atom is -0.481 e. The van der Waals surface area contributed by atoms with Crippen molar-refractivity contribution >= 4 is 23.3 Å². The summed E-state index contributed by atoms with van der Waals surface area (Å²) in [4.78, 5) is 25.9. The number of likely N-dealkylation sites (N-methyl/N-ethyl adjacent to an activating group) is 1. The zero-order chi connectivity index (χ0) is 22.5. The molecule has 0 heterocycles.